The van der Waals surface area contributed by atoms with Crippen LogP contribution in [0, 0.1) is 5.92 Å². The van der Waals surface area contributed by atoms with E-state index in [2.05, 4.69) is 19.8 Å². The van der Waals surface area contributed by atoms with Crippen molar-refractivity contribution >= 4 is 17.4 Å². The van der Waals surface area contributed by atoms with E-state index < -0.39 is 5.54 Å². The molecule has 21 heavy (non-hydrogen) atoms. The van der Waals surface area contributed by atoms with Crippen molar-refractivity contribution in [1.82, 2.24) is 19.8 Å². The summed E-state index contributed by atoms with van der Waals surface area (Å²) in [5.74, 6) is 1.25. The number of carbonyl (C=O) groups excluding carboxylic acids is 1. The molecule has 0 aliphatic rings. The van der Waals surface area contributed by atoms with E-state index in [0.29, 0.717) is 17.6 Å². The third kappa shape index (κ3) is 3.05. The molecule has 0 aliphatic carbocycles. The van der Waals surface area contributed by atoms with Crippen LogP contribution in [-0.2, 0) is 10.3 Å². The van der Waals surface area contributed by atoms with Crippen molar-refractivity contribution in [3.05, 3.63) is 12.0 Å². The summed E-state index contributed by atoms with van der Waals surface area (Å²) in [6, 6.07) is 1.74. The van der Waals surface area contributed by atoms with E-state index in [1.807, 2.05) is 20.8 Å². The minimum atomic E-state index is -0.716. The van der Waals surface area contributed by atoms with Gasteiger partial charge >= 0.3 is 0 Å². The van der Waals surface area contributed by atoms with E-state index in [-0.39, 0.29) is 11.8 Å². The molecule has 1 atom stereocenters. The van der Waals surface area contributed by atoms with Crippen LogP contribution in [0.3, 0.4) is 0 Å². The second-order valence-electron chi connectivity index (χ2n) is 5.19. The maximum atomic E-state index is 11.4. The number of nitrogens with one attached hydrogen (secondary N) is 1. The normalized spacial score (nSPS) is 14.0. The molecule has 2 aromatic heterocycles. The van der Waals surface area contributed by atoms with Crippen LogP contribution in [0.2, 0.25) is 0 Å². The molecule has 1 unspecified atom stereocenters. The average molecular weight is 310 g/mol. The zero-order chi connectivity index (χ0) is 15.6. The molecule has 0 fully saturated rings. The van der Waals surface area contributed by atoms with Crippen molar-refractivity contribution in [1.29, 1.82) is 0 Å². The second-order valence-corrected chi connectivity index (χ2v) is 6.00. The van der Waals surface area contributed by atoms with Crippen LogP contribution in [0.1, 0.15) is 33.6 Å². The number of hydrogen-bond donors (Lipinski definition) is 1. The molecule has 2 aromatic rings. The summed E-state index contributed by atoms with van der Waals surface area (Å²) in [6.45, 7) is 7.29. The molecule has 0 spiro atoms. The molecule has 2 rings (SSSR count). The molecule has 0 bridgehead atoms. The second kappa shape index (κ2) is 5.80. The quantitative estimate of drug-likeness (QED) is 0.910. The summed E-state index contributed by atoms with van der Waals surface area (Å²) in [6.07, 6.45) is 0. The SMILES string of the molecule is COc1cc(-c2noc(C(C)(NC(C)=O)C(C)C)n2)sn1. The van der Waals surface area contributed by atoms with Crippen LogP contribution in [0.15, 0.2) is 10.6 Å². The number of ether oxygens (including phenoxy) is 1. The molecule has 114 valence electrons. The lowest BCUT2D eigenvalue weighted by atomic mass is 9.88. The topological polar surface area (TPSA) is 90.1 Å². The van der Waals surface area contributed by atoms with Crippen LogP contribution in [0.4, 0.5) is 0 Å². The van der Waals surface area contributed by atoms with Crippen molar-refractivity contribution < 1.29 is 14.1 Å². The molecule has 1 N–H and O–H groups in total. The first-order chi connectivity index (χ1) is 9.86. The van der Waals surface area contributed by atoms with Gasteiger partial charge in [-0.05, 0) is 24.4 Å². The van der Waals surface area contributed by atoms with Crippen LogP contribution in [-0.4, -0.2) is 27.5 Å². The molecule has 2 heterocycles. The fraction of sp³-hybridized carbons (Fsp3) is 0.538. The van der Waals surface area contributed by atoms with Crippen molar-refractivity contribution in [2.75, 3.05) is 7.11 Å². The van der Waals surface area contributed by atoms with Crippen LogP contribution >= 0.6 is 11.5 Å². The molecule has 0 radical (unpaired) electrons. The van der Waals surface area contributed by atoms with Gasteiger partial charge in [-0.25, -0.2) is 0 Å². The zero-order valence-electron chi connectivity index (χ0n) is 12.6. The van der Waals surface area contributed by atoms with Gasteiger partial charge in [0.15, 0.2) is 0 Å². The van der Waals surface area contributed by atoms with Gasteiger partial charge in [0.1, 0.15) is 5.54 Å². The predicted octanol–water partition coefficient (Wildman–Crippen LogP) is 2.21. The average Bonchev–Trinajstić information content (AvgIpc) is 3.06. The highest BCUT2D eigenvalue weighted by molar-refractivity contribution is 7.09. The molecule has 0 saturated heterocycles. The lowest BCUT2D eigenvalue weighted by Crippen LogP contribution is -2.46. The Morgan fingerprint density at radius 1 is 1.52 bits per heavy atom. The highest BCUT2D eigenvalue weighted by atomic mass is 32.1. The number of aromatic nitrogens is 3. The Morgan fingerprint density at radius 3 is 2.76 bits per heavy atom. The molecule has 1 amide bonds. The molecule has 7 nitrogen and oxygen atoms in total. The Labute approximate surface area is 126 Å². The highest BCUT2D eigenvalue weighted by Crippen LogP contribution is 2.31. The summed E-state index contributed by atoms with van der Waals surface area (Å²) < 4.78 is 14.5. The van der Waals surface area contributed by atoms with E-state index in [4.69, 9.17) is 9.26 Å². The van der Waals surface area contributed by atoms with Gasteiger partial charge in [-0.1, -0.05) is 19.0 Å². The minimum Gasteiger partial charge on any atom is -0.480 e. The Bertz CT molecular complexity index is 637. The third-order valence-corrected chi connectivity index (χ3v) is 4.15. The van der Waals surface area contributed by atoms with Gasteiger partial charge in [-0.3, -0.25) is 4.79 Å². The number of rotatable bonds is 5. The fourth-order valence-electron chi connectivity index (χ4n) is 1.81. The number of nitrogens with zero attached hydrogens (tertiary/aromatic N) is 3. The van der Waals surface area contributed by atoms with Gasteiger partial charge in [0.2, 0.25) is 17.6 Å². The van der Waals surface area contributed by atoms with Gasteiger partial charge in [-0.15, -0.1) is 0 Å². The van der Waals surface area contributed by atoms with Crippen molar-refractivity contribution in [2.24, 2.45) is 5.92 Å². The smallest absolute Gasteiger partial charge is 0.252 e. The Kier molecular flexibility index (Phi) is 4.26. The third-order valence-electron chi connectivity index (χ3n) is 3.38. The van der Waals surface area contributed by atoms with E-state index in [9.17, 15) is 4.79 Å². The number of hydrogen-bond acceptors (Lipinski definition) is 7. The van der Waals surface area contributed by atoms with Crippen molar-refractivity contribution in [2.45, 2.75) is 33.2 Å². The lowest BCUT2D eigenvalue weighted by Gasteiger charge is -2.30. The maximum absolute atomic E-state index is 11.4. The Balaban J connectivity index is 2.34. The van der Waals surface area contributed by atoms with Gasteiger partial charge < -0.3 is 14.6 Å². The van der Waals surface area contributed by atoms with Crippen molar-refractivity contribution in [3.63, 3.8) is 0 Å². The number of amides is 1. The Hall–Kier alpha value is -1.96. The largest absolute Gasteiger partial charge is 0.480 e. The molecule has 0 aromatic carbocycles. The molecular weight excluding hydrogens is 292 g/mol. The highest BCUT2D eigenvalue weighted by Gasteiger charge is 2.37. The van der Waals surface area contributed by atoms with E-state index in [1.165, 1.54) is 18.5 Å². The van der Waals surface area contributed by atoms with Crippen molar-refractivity contribution in [3.8, 4) is 16.6 Å². The molecule has 0 saturated carbocycles. The summed E-state index contributed by atoms with van der Waals surface area (Å²) in [4.78, 5) is 16.6. The number of carbonyl (C=O) groups is 1. The summed E-state index contributed by atoms with van der Waals surface area (Å²) in [5.41, 5.74) is -0.716. The van der Waals surface area contributed by atoms with Gasteiger partial charge in [0.05, 0.1) is 12.0 Å². The first kappa shape index (κ1) is 15.4. The maximum Gasteiger partial charge on any atom is 0.252 e. The van der Waals surface area contributed by atoms with Gasteiger partial charge in [0, 0.05) is 13.0 Å². The standard InChI is InChI=1S/C13H18N4O3S/c1-7(2)13(4,15-8(3)18)12-14-11(16-20-12)9-6-10(19-5)17-21-9/h6-7H,1-5H3,(H,15,18). The first-order valence-corrected chi connectivity index (χ1v) is 7.28. The summed E-state index contributed by atoms with van der Waals surface area (Å²) in [5, 5.41) is 6.85. The fourth-order valence-corrected chi connectivity index (χ4v) is 2.44. The zero-order valence-corrected chi connectivity index (χ0v) is 13.4. The lowest BCUT2D eigenvalue weighted by molar-refractivity contribution is -0.121. The number of methoxy groups -OCH3 is 1. The van der Waals surface area contributed by atoms with Crippen LogP contribution in [0.25, 0.3) is 10.7 Å². The van der Waals surface area contributed by atoms with Gasteiger partial charge in [0.25, 0.3) is 5.89 Å². The molecular formula is C13H18N4O3S. The first-order valence-electron chi connectivity index (χ1n) is 6.51. The predicted molar refractivity (Wildman–Crippen MR) is 78.0 cm³/mol. The van der Waals surface area contributed by atoms with E-state index in [0.717, 1.165) is 4.88 Å². The van der Waals surface area contributed by atoms with Crippen LogP contribution < -0.4 is 10.1 Å². The van der Waals surface area contributed by atoms with E-state index >= 15 is 0 Å². The minimum absolute atomic E-state index is 0.0886. The van der Waals surface area contributed by atoms with Crippen LogP contribution in [0.5, 0.6) is 5.88 Å². The monoisotopic (exact) mass is 310 g/mol. The Morgan fingerprint density at radius 2 is 2.24 bits per heavy atom. The molecule has 0 aliphatic heterocycles. The molecule has 8 heteroatoms. The van der Waals surface area contributed by atoms with E-state index in [1.54, 1.807) is 13.2 Å². The van der Waals surface area contributed by atoms with Gasteiger partial charge in [-0.2, -0.15) is 9.36 Å². The summed E-state index contributed by atoms with van der Waals surface area (Å²) >= 11 is 1.23. The summed E-state index contributed by atoms with van der Waals surface area (Å²) in [7, 11) is 1.55.